The first-order valence-corrected chi connectivity index (χ1v) is 7.82. The summed E-state index contributed by atoms with van der Waals surface area (Å²) in [6.45, 7) is 9.46. The SMILES string of the molecule is Cc1ccc(C(C)(C)C)c(OCCOc2cccc(C=O)c2)c1. The van der Waals surface area contributed by atoms with Crippen LogP contribution in [-0.4, -0.2) is 19.5 Å². The van der Waals surface area contributed by atoms with Gasteiger partial charge < -0.3 is 9.47 Å². The van der Waals surface area contributed by atoms with Crippen LogP contribution in [0.15, 0.2) is 42.5 Å². The predicted octanol–water partition coefficient (Wildman–Crippen LogP) is 4.56. The van der Waals surface area contributed by atoms with Gasteiger partial charge in [0.2, 0.25) is 0 Å². The smallest absolute Gasteiger partial charge is 0.150 e. The van der Waals surface area contributed by atoms with E-state index in [0.717, 1.165) is 12.0 Å². The molecule has 0 unspecified atom stereocenters. The highest BCUT2D eigenvalue weighted by molar-refractivity contribution is 5.75. The van der Waals surface area contributed by atoms with Crippen molar-refractivity contribution < 1.29 is 14.3 Å². The molecule has 0 fully saturated rings. The second kappa shape index (κ2) is 7.32. The zero-order chi connectivity index (χ0) is 16.9. The molecule has 0 radical (unpaired) electrons. The quantitative estimate of drug-likeness (QED) is 0.579. The van der Waals surface area contributed by atoms with Gasteiger partial charge in [-0.25, -0.2) is 0 Å². The van der Waals surface area contributed by atoms with Crippen molar-refractivity contribution in [3.63, 3.8) is 0 Å². The van der Waals surface area contributed by atoms with Gasteiger partial charge in [-0.05, 0) is 41.7 Å². The van der Waals surface area contributed by atoms with Crippen molar-refractivity contribution in [2.75, 3.05) is 13.2 Å². The summed E-state index contributed by atoms with van der Waals surface area (Å²) in [4.78, 5) is 10.8. The Morgan fingerprint density at radius 2 is 1.74 bits per heavy atom. The molecule has 2 aromatic rings. The number of aldehydes is 1. The maximum Gasteiger partial charge on any atom is 0.150 e. The molecule has 0 aliphatic rings. The first-order valence-electron chi connectivity index (χ1n) is 7.82. The van der Waals surface area contributed by atoms with E-state index in [0.29, 0.717) is 24.5 Å². The summed E-state index contributed by atoms with van der Waals surface area (Å²) in [7, 11) is 0. The summed E-state index contributed by atoms with van der Waals surface area (Å²) >= 11 is 0. The molecule has 0 N–H and O–H groups in total. The van der Waals surface area contributed by atoms with Crippen LogP contribution in [0.1, 0.15) is 42.3 Å². The molecule has 3 nitrogen and oxygen atoms in total. The van der Waals surface area contributed by atoms with Crippen LogP contribution in [0.3, 0.4) is 0 Å². The molecular weight excluding hydrogens is 288 g/mol. The van der Waals surface area contributed by atoms with Crippen molar-refractivity contribution in [1.82, 2.24) is 0 Å². The van der Waals surface area contributed by atoms with Gasteiger partial charge in [-0.1, -0.05) is 45.0 Å². The third kappa shape index (κ3) is 4.85. The molecule has 23 heavy (non-hydrogen) atoms. The summed E-state index contributed by atoms with van der Waals surface area (Å²) in [5.74, 6) is 1.58. The minimum atomic E-state index is 0.0299. The average Bonchev–Trinajstić information content (AvgIpc) is 2.50. The molecule has 0 saturated heterocycles. The molecule has 0 amide bonds. The molecule has 3 heteroatoms. The Morgan fingerprint density at radius 3 is 2.43 bits per heavy atom. The Labute approximate surface area is 138 Å². The average molecular weight is 312 g/mol. The fourth-order valence-electron chi connectivity index (χ4n) is 2.36. The summed E-state index contributed by atoms with van der Waals surface area (Å²) in [5.41, 5.74) is 3.00. The van der Waals surface area contributed by atoms with E-state index in [4.69, 9.17) is 9.47 Å². The number of carbonyl (C=O) groups is 1. The maximum absolute atomic E-state index is 10.8. The molecule has 0 saturated carbocycles. The number of rotatable bonds is 6. The lowest BCUT2D eigenvalue weighted by molar-refractivity contribution is 0.112. The summed E-state index contributed by atoms with van der Waals surface area (Å²) < 4.78 is 11.6. The molecule has 0 bridgehead atoms. The molecular formula is C20H24O3. The maximum atomic E-state index is 10.8. The number of hydrogen-bond donors (Lipinski definition) is 0. The second-order valence-corrected chi connectivity index (χ2v) is 6.64. The lowest BCUT2D eigenvalue weighted by Gasteiger charge is -2.23. The molecule has 2 aromatic carbocycles. The van der Waals surface area contributed by atoms with Crippen LogP contribution in [0.2, 0.25) is 0 Å². The number of carbonyl (C=O) groups excluding carboxylic acids is 1. The van der Waals surface area contributed by atoms with Gasteiger partial charge in [0.15, 0.2) is 0 Å². The molecule has 0 atom stereocenters. The van der Waals surface area contributed by atoms with Gasteiger partial charge >= 0.3 is 0 Å². The van der Waals surface area contributed by atoms with E-state index >= 15 is 0 Å². The van der Waals surface area contributed by atoms with E-state index in [-0.39, 0.29) is 5.41 Å². The highest BCUT2D eigenvalue weighted by atomic mass is 16.5. The summed E-state index contributed by atoms with van der Waals surface area (Å²) in [5, 5.41) is 0. The van der Waals surface area contributed by atoms with Crippen LogP contribution < -0.4 is 9.47 Å². The second-order valence-electron chi connectivity index (χ2n) is 6.64. The van der Waals surface area contributed by atoms with Gasteiger partial charge in [-0.3, -0.25) is 4.79 Å². The van der Waals surface area contributed by atoms with Crippen molar-refractivity contribution in [3.8, 4) is 11.5 Å². The van der Waals surface area contributed by atoms with Crippen LogP contribution in [0.25, 0.3) is 0 Å². The zero-order valence-electron chi connectivity index (χ0n) is 14.3. The molecule has 2 rings (SSSR count). The van der Waals surface area contributed by atoms with Crippen LogP contribution in [0, 0.1) is 6.92 Å². The van der Waals surface area contributed by atoms with Gasteiger partial charge in [-0.2, -0.15) is 0 Å². The van der Waals surface area contributed by atoms with Crippen molar-refractivity contribution in [1.29, 1.82) is 0 Å². The topological polar surface area (TPSA) is 35.5 Å². The van der Waals surface area contributed by atoms with Crippen LogP contribution in [0.4, 0.5) is 0 Å². The van der Waals surface area contributed by atoms with Crippen LogP contribution >= 0.6 is 0 Å². The van der Waals surface area contributed by atoms with Crippen LogP contribution in [0.5, 0.6) is 11.5 Å². The number of aryl methyl sites for hydroxylation is 1. The highest BCUT2D eigenvalue weighted by Gasteiger charge is 2.18. The van der Waals surface area contributed by atoms with E-state index in [1.54, 1.807) is 18.2 Å². The van der Waals surface area contributed by atoms with Crippen molar-refractivity contribution in [2.45, 2.75) is 33.1 Å². The Hall–Kier alpha value is -2.29. The Balaban J connectivity index is 1.96. The fraction of sp³-hybridized carbons (Fsp3) is 0.350. The number of ether oxygens (including phenoxy) is 2. The summed E-state index contributed by atoms with van der Waals surface area (Å²) in [6.07, 6.45) is 0.811. The third-order valence-corrected chi connectivity index (χ3v) is 3.55. The zero-order valence-corrected chi connectivity index (χ0v) is 14.3. The molecule has 122 valence electrons. The molecule has 0 heterocycles. The van der Waals surface area contributed by atoms with Crippen LogP contribution in [-0.2, 0) is 5.41 Å². The summed E-state index contributed by atoms with van der Waals surface area (Å²) in [6, 6.07) is 13.4. The monoisotopic (exact) mass is 312 g/mol. The van der Waals surface area contributed by atoms with Crippen molar-refractivity contribution in [2.24, 2.45) is 0 Å². The van der Waals surface area contributed by atoms with Gasteiger partial charge in [0.1, 0.15) is 31.0 Å². The van der Waals surface area contributed by atoms with Crippen molar-refractivity contribution >= 4 is 6.29 Å². The first-order chi connectivity index (χ1) is 10.9. The van der Waals surface area contributed by atoms with E-state index in [1.165, 1.54) is 11.1 Å². The Kier molecular flexibility index (Phi) is 5.43. The molecule has 0 aliphatic carbocycles. The largest absolute Gasteiger partial charge is 0.490 e. The predicted molar refractivity (Wildman–Crippen MR) is 92.7 cm³/mol. The lowest BCUT2D eigenvalue weighted by Crippen LogP contribution is -2.16. The minimum Gasteiger partial charge on any atom is -0.490 e. The minimum absolute atomic E-state index is 0.0299. The van der Waals surface area contributed by atoms with Gasteiger partial charge in [0.25, 0.3) is 0 Å². The number of benzene rings is 2. The van der Waals surface area contributed by atoms with E-state index in [1.807, 2.05) is 6.07 Å². The Morgan fingerprint density at radius 1 is 1.00 bits per heavy atom. The van der Waals surface area contributed by atoms with Crippen molar-refractivity contribution in [3.05, 3.63) is 59.2 Å². The molecule has 0 aromatic heterocycles. The van der Waals surface area contributed by atoms with E-state index in [2.05, 4.69) is 45.9 Å². The Bertz CT molecular complexity index is 669. The normalized spacial score (nSPS) is 11.1. The van der Waals surface area contributed by atoms with Gasteiger partial charge in [0, 0.05) is 5.56 Å². The van der Waals surface area contributed by atoms with Gasteiger partial charge in [0.05, 0.1) is 0 Å². The standard InChI is InChI=1S/C20H24O3/c1-15-8-9-18(20(2,3)4)19(12-15)23-11-10-22-17-7-5-6-16(13-17)14-21/h5-9,12-14H,10-11H2,1-4H3. The first kappa shape index (κ1) is 17.1. The lowest BCUT2D eigenvalue weighted by atomic mass is 9.86. The molecule has 0 spiro atoms. The molecule has 0 aliphatic heterocycles. The third-order valence-electron chi connectivity index (χ3n) is 3.55. The van der Waals surface area contributed by atoms with E-state index in [9.17, 15) is 4.79 Å². The van der Waals surface area contributed by atoms with Gasteiger partial charge in [-0.15, -0.1) is 0 Å². The van der Waals surface area contributed by atoms with E-state index < -0.39 is 0 Å². The highest BCUT2D eigenvalue weighted by Crippen LogP contribution is 2.32. The fourth-order valence-corrected chi connectivity index (χ4v) is 2.36. The number of hydrogen-bond acceptors (Lipinski definition) is 3.